The molecule has 5 heteroatoms. The predicted molar refractivity (Wildman–Crippen MR) is 50.7 cm³/mol. The van der Waals surface area contributed by atoms with Crippen LogP contribution in [0.2, 0.25) is 0 Å². The van der Waals surface area contributed by atoms with E-state index in [4.69, 9.17) is 10.2 Å². The van der Waals surface area contributed by atoms with Crippen LogP contribution in [0.25, 0.3) is 0 Å². The summed E-state index contributed by atoms with van der Waals surface area (Å²) in [6.45, 7) is 3.72. The van der Waals surface area contributed by atoms with Crippen molar-refractivity contribution < 1.29 is 19.8 Å². The molecule has 0 rings (SSSR count). The largest absolute Gasteiger partial charge is 0.479 e. The van der Waals surface area contributed by atoms with Gasteiger partial charge in [-0.25, -0.2) is 4.79 Å². The highest BCUT2D eigenvalue weighted by Gasteiger charge is 2.12. The average molecular weight is 201 g/mol. The Balaban J connectivity index is 3.70. The summed E-state index contributed by atoms with van der Waals surface area (Å²) in [6.07, 6.45) is 0.00664. The molecule has 5 nitrogen and oxygen atoms in total. The van der Waals surface area contributed by atoms with Crippen LogP contribution in [0.4, 0.5) is 0 Å². The second kappa shape index (κ2) is 6.15. The van der Waals surface area contributed by atoms with E-state index in [1.807, 2.05) is 0 Å². The fourth-order valence-electron chi connectivity index (χ4n) is 0.769. The molecule has 0 spiro atoms. The van der Waals surface area contributed by atoms with Crippen LogP contribution >= 0.6 is 0 Å². The van der Waals surface area contributed by atoms with Crippen LogP contribution in [0.15, 0.2) is 11.6 Å². The van der Waals surface area contributed by atoms with Gasteiger partial charge < -0.3 is 15.5 Å². The zero-order valence-electron chi connectivity index (χ0n) is 8.28. The fraction of sp³-hybridized carbons (Fsp3) is 0.556. The van der Waals surface area contributed by atoms with E-state index in [-0.39, 0.29) is 18.9 Å². The van der Waals surface area contributed by atoms with E-state index in [0.29, 0.717) is 0 Å². The van der Waals surface area contributed by atoms with Crippen LogP contribution in [0, 0.1) is 0 Å². The van der Waals surface area contributed by atoms with Crippen molar-refractivity contribution in [3.63, 3.8) is 0 Å². The van der Waals surface area contributed by atoms with Gasteiger partial charge in [0.1, 0.15) is 0 Å². The highest BCUT2D eigenvalue weighted by atomic mass is 16.4. The van der Waals surface area contributed by atoms with Gasteiger partial charge in [0, 0.05) is 19.0 Å². The van der Waals surface area contributed by atoms with Gasteiger partial charge in [0.05, 0.1) is 0 Å². The highest BCUT2D eigenvalue weighted by Crippen LogP contribution is 1.91. The maximum atomic E-state index is 11.0. The van der Waals surface area contributed by atoms with Gasteiger partial charge in [0.2, 0.25) is 5.91 Å². The van der Waals surface area contributed by atoms with Crippen LogP contribution in [0.5, 0.6) is 0 Å². The van der Waals surface area contributed by atoms with Crippen molar-refractivity contribution >= 4 is 11.9 Å². The smallest absolute Gasteiger partial charge is 0.332 e. The van der Waals surface area contributed by atoms with Gasteiger partial charge in [-0.15, -0.1) is 0 Å². The maximum Gasteiger partial charge on any atom is 0.332 e. The third-order valence-corrected chi connectivity index (χ3v) is 1.42. The molecule has 0 aromatic rings. The topological polar surface area (TPSA) is 86.6 Å². The van der Waals surface area contributed by atoms with Gasteiger partial charge in [-0.3, -0.25) is 4.79 Å². The monoisotopic (exact) mass is 201 g/mol. The highest BCUT2D eigenvalue weighted by molar-refractivity contribution is 5.88. The van der Waals surface area contributed by atoms with Crippen LogP contribution < -0.4 is 5.32 Å². The molecule has 14 heavy (non-hydrogen) atoms. The summed E-state index contributed by atoms with van der Waals surface area (Å²) in [5.41, 5.74) is 0.862. The minimum Gasteiger partial charge on any atom is -0.479 e. The molecule has 1 amide bonds. The molecule has 0 aromatic carbocycles. The van der Waals surface area contributed by atoms with Crippen molar-refractivity contribution in [1.29, 1.82) is 0 Å². The zero-order valence-corrected chi connectivity index (χ0v) is 8.28. The van der Waals surface area contributed by atoms with E-state index in [1.165, 1.54) is 6.08 Å². The minimum atomic E-state index is -1.41. The number of allylic oxidation sites excluding steroid dienone is 1. The number of nitrogens with one attached hydrogen (secondary N) is 1. The number of hydrogen-bond donors (Lipinski definition) is 3. The number of carboxylic acids is 1. The lowest BCUT2D eigenvalue weighted by Crippen LogP contribution is -2.29. The predicted octanol–water partition coefficient (Wildman–Crippen LogP) is -0.0956. The SMILES string of the molecule is CC(C)=CC(=O)NCC[C@H](O)C(=O)O. The third-order valence-electron chi connectivity index (χ3n) is 1.42. The molecule has 0 aliphatic heterocycles. The second-order valence-corrected chi connectivity index (χ2v) is 3.16. The Morgan fingerprint density at radius 1 is 1.43 bits per heavy atom. The molecular formula is C9H15NO4. The van der Waals surface area contributed by atoms with E-state index in [0.717, 1.165) is 5.57 Å². The Bertz CT molecular complexity index is 243. The van der Waals surface area contributed by atoms with E-state index < -0.39 is 12.1 Å². The number of hydrogen-bond acceptors (Lipinski definition) is 3. The first-order valence-electron chi connectivity index (χ1n) is 4.27. The maximum absolute atomic E-state index is 11.0. The number of aliphatic carboxylic acids is 1. The van der Waals surface area contributed by atoms with Gasteiger partial charge in [0.15, 0.2) is 6.10 Å². The van der Waals surface area contributed by atoms with Gasteiger partial charge in [-0.1, -0.05) is 5.57 Å². The Kier molecular flexibility index (Phi) is 5.55. The summed E-state index contributed by atoms with van der Waals surface area (Å²) >= 11 is 0. The Morgan fingerprint density at radius 2 is 2.00 bits per heavy atom. The first-order valence-corrected chi connectivity index (χ1v) is 4.27. The third kappa shape index (κ3) is 6.19. The average Bonchev–Trinajstić information content (AvgIpc) is 2.02. The number of carboxylic acid groups (broad SMARTS) is 1. The fourth-order valence-corrected chi connectivity index (χ4v) is 0.769. The number of amides is 1. The quantitative estimate of drug-likeness (QED) is 0.542. The Hall–Kier alpha value is -1.36. The molecule has 0 aliphatic rings. The molecule has 0 saturated heterocycles. The van der Waals surface area contributed by atoms with Crippen molar-refractivity contribution in [3.05, 3.63) is 11.6 Å². The zero-order chi connectivity index (χ0) is 11.1. The van der Waals surface area contributed by atoms with E-state index >= 15 is 0 Å². The lowest BCUT2D eigenvalue weighted by Gasteiger charge is -2.05. The van der Waals surface area contributed by atoms with Crippen LogP contribution in [0.1, 0.15) is 20.3 Å². The molecule has 0 fully saturated rings. The van der Waals surface area contributed by atoms with Gasteiger partial charge in [-0.05, 0) is 13.8 Å². The second-order valence-electron chi connectivity index (χ2n) is 3.16. The molecule has 0 aliphatic carbocycles. The van der Waals surface area contributed by atoms with Crippen molar-refractivity contribution in [2.45, 2.75) is 26.4 Å². The summed E-state index contributed by atoms with van der Waals surface area (Å²) in [7, 11) is 0. The molecule has 0 aromatic heterocycles. The van der Waals surface area contributed by atoms with Crippen molar-refractivity contribution in [2.24, 2.45) is 0 Å². The molecule has 3 N–H and O–H groups in total. The first-order chi connectivity index (χ1) is 6.43. The number of carbonyl (C=O) groups is 2. The summed E-state index contributed by atoms with van der Waals surface area (Å²) in [5.74, 6) is -1.55. The van der Waals surface area contributed by atoms with Crippen LogP contribution in [0.3, 0.4) is 0 Å². The first kappa shape index (κ1) is 12.6. The van der Waals surface area contributed by atoms with Crippen LogP contribution in [-0.2, 0) is 9.59 Å². The summed E-state index contributed by atoms with van der Waals surface area (Å²) < 4.78 is 0. The molecule has 1 atom stereocenters. The van der Waals surface area contributed by atoms with Gasteiger partial charge in [0.25, 0.3) is 0 Å². The van der Waals surface area contributed by atoms with E-state index in [9.17, 15) is 9.59 Å². The van der Waals surface area contributed by atoms with Crippen LogP contribution in [-0.4, -0.2) is 34.7 Å². The molecular weight excluding hydrogens is 186 g/mol. The number of rotatable bonds is 5. The molecule has 0 saturated carbocycles. The molecule has 0 heterocycles. The van der Waals surface area contributed by atoms with Gasteiger partial charge in [-0.2, -0.15) is 0 Å². The van der Waals surface area contributed by atoms with Crippen molar-refractivity contribution in [1.82, 2.24) is 5.32 Å². The Labute approximate surface area is 82.4 Å². The molecule has 0 radical (unpaired) electrons. The van der Waals surface area contributed by atoms with E-state index in [2.05, 4.69) is 5.32 Å². The number of carbonyl (C=O) groups excluding carboxylic acids is 1. The molecule has 80 valence electrons. The molecule has 0 bridgehead atoms. The summed E-state index contributed by atoms with van der Waals surface area (Å²) in [4.78, 5) is 21.2. The number of aliphatic hydroxyl groups excluding tert-OH is 1. The normalized spacial score (nSPS) is 11.6. The lowest BCUT2D eigenvalue weighted by atomic mass is 10.2. The van der Waals surface area contributed by atoms with Crippen molar-refractivity contribution in [3.8, 4) is 0 Å². The Morgan fingerprint density at radius 3 is 2.43 bits per heavy atom. The van der Waals surface area contributed by atoms with Crippen molar-refractivity contribution in [2.75, 3.05) is 6.54 Å². The standard InChI is InChI=1S/C9H15NO4/c1-6(2)5-8(12)10-4-3-7(11)9(13)14/h5,7,11H,3-4H2,1-2H3,(H,10,12)(H,13,14)/t7-/m0/s1. The number of aliphatic hydroxyl groups is 1. The minimum absolute atomic E-state index is 0.0116. The van der Waals surface area contributed by atoms with Gasteiger partial charge >= 0.3 is 5.97 Å². The molecule has 0 unspecified atom stereocenters. The van der Waals surface area contributed by atoms with E-state index in [1.54, 1.807) is 13.8 Å². The summed E-state index contributed by atoms with van der Waals surface area (Å²) in [6, 6.07) is 0. The lowest BCUT2D eigenvalue weighted by molar-refractivity contribution is -0.147. The summed E-state index contributed by atoms with van der Waals surface area (Å²) in [5, 5.41) is 19.6.